The van der Waals surface area contributed by atoms with Gasteiger partial charge in [0.05, 0.1) is 6.10 Å². The maximum Gasteiger partial charge on any atom is 0.0568 e. The summed E-state index contributed by atoms with van der Waals surface area (Å²) in [5, 5.41) is 10.0. The number of hydrogen-bond acceptors (Lipinski definition) is 1. The number of rotatable bonds is 9. The number of aliphatic hydroxyl groups excluding tert-OH is 1. The Balaban J connectivity index is 3.67. The second-order valence-corrected chi connectivity index (χ2v) is 4.38. The molecule has 15 heavy (non-hydrogen) atoms. The first-order valence-electron chi connectivity index (χ1n) is 6.55. The molecule has 0 radical (unpaired) electrons. The lowest BCUT2D eigenvalue weighted by molar-refractivity contribution is 0.0885. The number of unbranched alkanes of at least 4 members (excludes halogenated alkanes) is 2. The summed E-state index contributed by atoms with van der Waals surface area (Å²) in [5.41, 5.74) is 0. The number of allylic oxidation sites excluding steroid dienone is 2. The Morgan fingerprint density at radius 1 is 1.13 bits per heavy atom. The van der Waals surface area contributed by atoms with Gasteiger partial charge in [-0.05, 0) is 38.5 Å². The smallest absolute Gasteiger partial charge is 0.0568 e. The summed E-state index contributed by atoms with van der Waals surface area (Å²) in [6.07, 6.45) is 12.2. The molecule has 0 heterocycles. The van der Waals surface area contributed by atoms with E-state index in [4.69, 9.17) is 0 Å². The van der Waals surface area contributed by atoms with Crippen molar-refractivity contribution in [2.45, 2.75) is 71.8 Å². The van der Waals surface area contributed by atoms with Crippen LogP contribution in [0.2, 0.25) is 0 Å². The van der Waals surface area contributed by atoms with E-state index in [1.807, 2.05) is 6.92 Å². The van der Waals surface area contributed by atoms with Crippen LogP contribution in [0.4, 0.5) is 0 Å². The van der Waals surface area contributed by atoms with E-state index in [0.29, 0.717) is 5.92 Å². The van der Waals surface area contributed by atoms with Gasteiger partial charge in [0.1, 0.15) is 0 Å². The van der Waals surface area contributed by atoms with Gasteiger partial charge in [0.2, 0.25) is 0 Å². The molecular formula is C14H28O. The summed E-state index contributed by atoms with van der Waals surface area (Å²) in [6, 6.07) is 0. The minimum atomic E-state index is -0.0770. The molecule has 0 fully saturated rings. The van der Waals surface area contributed by atoms with Crippen molar-refractivity contribution in [2.24, 2.45) is 5.92 Å². The van der Waals surface area contributed by atoms with Crippen LogP contribution in [-0.2, 0) is 0 Å². The zero-order chi connectivity index (χ0) is 11.5. The van der Waals surface area contributed by atoms with Gasteiger partial charge in [-0.25, -0.2) is 0 Å². The number of hydrogen-bond donors (Lipinski definition) is 1. The van der Waals surface area contributed by atoms with Gasteiger partial charge in [-0.1, -0.05) is 45.3 Å². The molecular weight excluding hydrogens is 184 g/mol. The van der Waals surface area contributed by atoms with E-state index in [9.17, 15) is 5.11 Å². The number of aliphatic hydroxyl groups is 1. The van der Waals surface area contributed by atoms with E-state index in [1.54, 1.807) is 0 Å². The van der Waals surface area contributed by atoms with E-state index in [-0.39, 0.29) is 6.10 Å². The standard InChI is InChI=1S/C14H28O/c1-4-7-9-10-12-14(15)13(6-3)11-8-5-2/h4,7,13-15H,5-6,8-12H2,1-3H3. The Morgan fingerprint density at radius 2 is 1.87 bits per heavy atom. The third kappa shape index (κ3) is 7.61. The van der Waals surface area contributed by atoms with E-state index < -0.39 is 0 Å². The fourth-order valence-corrected chi connectivity index (χ4v) is 1.98. The van der Waals surface area contributed by atoms with Gasteiger partial charge in [0.15, 0.2) is 0 Å². The molecule has 2 atom stereocenters. The maximum absolute atomic E-state index is 10.0. The van der Waals surface area contributed by atoms with Gasteiger partial charge in [-0.3, -0.25) is 0 Å². The molecule has 1 nitrogen and oxygen atoms in total. The van der Waals surface area contributed by atoms with Gasteiger partial charge in [0.25, 0.3) is 0 Å². The van der Waals surface area contributed by atoms with Crippen LogP contribution in [0.1, 0.15) is 65.7 Å². The van der Waals surface area contributed by atoms with E-state index in [0.717, 1.165) is 25.7 Å². The lowest BCUT2D eigenvalue weighted by Crippen LogP contribution is -2.19. The molecule has 0 saturated heterocycles. The van der Waals surface area contributed by atoms with Crippen molar-refractivity contribution in [1.29, 1.82) is 0 Å². The second-order valence-electron chi connectivity index (χ2n) is 4.38. The molecule has 0 spiro atoms. The van der Waals surface area contributed by atoms with E-state index in [1.165, 1.54) is 19.3 Å². The van der Waals surface area contributed by atoms with Gasteiger partial charge in [-0.15, -0.1) is 0 Å². The predicted molar refractivity (Wildman–Crippen MR) is 68.0 cm³/mol. The molecule has 0 aliphatic heterocycles. The molecule has 0 amide bonds. The quantitative estimate of drug-likeness (QED) is 0.446. The van der Waals surface area contributed by atoms with Crippen LogP contribution < -0.4 is 0 Å². The average Bonchev–Trinajstić information content (AvgIpc) is 2.25. The van der Waals surface area contributed by atoms with Crippen LogP contribution in [0, 0.1) is 5.92 Å². The SMILES string of the molecule is CC=CCCCC(O)C(CC)CCCC. The summed E-state index contributed by atoms with van der Waals surface area (Å²) >= 11 is 0. The fraction of sp³-hybridized carbons (Fsp3) is 0.857. The molecule has 0 aliphatic rings. The fourth-order valence-electron chi connectivity index (χ4n) is 1.98. The van der Waals surface area contributed by atoms with Gasteiger partial charge >= 0.3 is 0 Å². The highest BCUT2D eigenvalue weighted by molar-refractivity contribution is 4.77. The first-order valence-corrected chi connectivity index (χ1v) is 6.55. The van der Waals surface area contributed by atoms with Crippen LogP contribution in [0.15, 0.2) is 12.2 Å². The first kappa shape index (κ1) is 14.7. The maximum atomic E-state index is 10.0. The highest BCUT2D eigenvalue weighted by Crippen LogP contribution is 2.20. The minimum Gasteiger partial charge on any atom is -0.393 e. The molecule has 1 heteroatoms. The normalized spacial score (nSPS) is 15.7. The summed E-state index contributed by atoms with van der Waals surface area (Å²) in [7, 11) is 0. The largest absolute Gasteiger partial charge is 0.393 e. The Labute approximate surface area is 95.6 Å². The molecule has 0 aromatic rings. The van der Waals surface area contributed by atoms with Crippen molar-refractivity contribution in [1.82, 2.24) is 0 Å². The summed E-state index contributed by atoms with van der Waals surface area (Å²) in [4.78, 5) is 0. The molecule has 0 aromatic heterocycles. The van der Waals surface area contributed by atoms with Crippen molar-refractivity contribution in [3.63, 3.8) is 0 Å². The molecule has 0 bridgehead atoms. The molecule has 0 rings (SSSR count). The third-order valence-corrected chi connectivity index (χ3v) is 3.10. The van der Waals surface area contributed by atoms with Crippen molar-refractivity contribution in [3.05, 3.63) is 12.2 Å². The Bertz CT molecular complexity index is 151. The van der Waals surface area contributed by atoms with E-state index in [2.05, 4.69) is 26.0 Å². The molecule has 0 saturated carbocycles. The summed E-state index contributed by atoms with van der Waals surface area (Å²) in [5.74, 6) is 0.524. The predicted octanol–water partition coefficient (Wildman–Crippen LogP) is 4.31. The molecule has 2 unspecified atom stereocenters. The lowest BCUT2D eigenvalue weighted by atomic mass is 9.90. The van der Waals surface area contributed by atoms with Crippen molar-refractivity contribution in [3.8, 4) is 0 Å². The van der Waals surface area contributed by atoms with Crippen molar-refractivity contribution < 1.29 is 5.11 Å². The van der Waals surface area contributed by atoms with Crippen LogP contribution in [0.3, 0.4) is 0 Å². The van der Waals surface area contributed by atoms with Gasteiger partial charge < -0.3 is 5.11 Å². The van der Waals surface area contributed by atoms with Crippen LogP contribution >= 0.6 is 0 Å². The van der Waals surface area contributed by atoms with Crippen LogP contribution in [0.5, 0.6) is 0 Å². The van der Waals surface area contributed by atoms with Gasteiger partial charge in [-0.2, -0.15) is 0 Å². The Morgan fingerprint density at radius 3 is 2.40 bits per heavy atom. The topological polar surface area (TPSA) is 20.2 Å². The summed E-state index contributed by atoms with van der Waals surface area (Å²) < 4.78 is 0. The zero-order valence-electron chi connectivity index (χ0n) is 10.7. The highest BCUT2D eigenvalue weighted by atomic mass is 16.3. The summed E-state index contributed by atoms with van der Waals surface area (Å²) in [6.45, 7) is 6.45. The molecule has 1 N–H and O–H groups in total. The Hall–Kier alpha value is -0.300. The third-order valence-electron chi connectivity index (χ3n) is 3.10. The van der Waals surface area contributed by atoms with Crippen LogP contribution in [-0.4, -0.2) is 11.2 Å². The lowest BCUT2D eigenvalue weighted by Gasteiger charge is -2.21. The molecule has 0 aromatic carbocycles. The van der Waals surface area contributed by atoms with Crippen LogP contribution in [0.25, 0.3) is 0 Å². The van der Waals surface area contributed by atoms with Crippen molar-refractivity contribution >= 4 is 0 Å². The zero-order valence-corrected chi connectivity index (χ0v) is 10.7. The Kier molecular flexibility index (Phi) is 10.0. The van der Waals surface area contributed by atoms with Crippen molar-refractivity contribution in [2.75, 3.05) is 0 Å². The van der Waals surface area contributed by atoms with E-state index >= 15 is 0 Å². The average molecular weight is 212 g/mol. The first-order chi connectivity index (χ1) is 7.26. The molecule has 0 aliphatic carbocycles. The molecule has 90 valence electrons. The minimum absolute atomic E-state index is 0.0770. The monoisotopic (exact) mass is 212 g/mol. The van der Waals surface area contributed by atoms with Gasteiger partial charge in [0, 0.05) is 0 Å². The highest BCUT2D eigenvalue weighted by Gasteiger charge is 2.15. The second kappa shape index (κ2) is 10.2.